The predicted octanol–water partition coefficient (Wildman–Crippen LogP) is 3.81. The van der Waals surface area contributed by atoms with Crippen molar-refractivity contribution in [3.8, 4) is 0 Å². The molecule has 0 amide bonds. The molecule has 1 aromatic carbocycles. The maximum atomic E-state index is 13.4. The molecule has 5 heteroatoms. The largest absolute Gasteiger partial charge is 0.480 e. The molecule has 0 aliphatic carbocycles. The molecule has 0 aromatic heterocycles. The fourth-order valence-electron chi connectivity index (χ4n) is 3.08. The van der Waals surface area contributed by atoms with Gasteiger partial charge < -0.3 is 5.11 Å². The van der Waals surface area contributed by atoms with Gasteiger partial charge in [-0.3, -0.25) is 9.69 Å². The van der Waals surface area contributed by atoms with E-state index in [2.05, 4.69) is 15.9 Å². The monoisotopic (exact) mass is 343 g/mol. The van der Waals surface area contributed by atoms with Gasteiger partial charge in [0.05, 0.1) is 0 Å². The molecule has 1 fully saturated rings. The van der Waals surface area contributed by atoms with Crippen LogP contribution < -0.4 is 0 Å². The summed E-state index contributed by atoms with van der Waals surface area (Å²) in [7, 11) is 0. The van der Waals surface area contributed by atoms with Gasteiger partial charge in [0.25, 0.3) is 0 Å². The Morgan fingerprint density at radius 3 is 2.95 bits per heavy atom. The summed E-state index contributed by atoms with van der Waals surface area (Å²) in [6.45, 7) is 3.21. The van der Waals surface area contributed by atoms with Gasteiger partial charge in [0.2, 0.25) is 0 Å². The number of carboxylic acids is 1. The summed E-state index contributed by atoms with van der Waals surface area (Å²) in [6, 6.07) is 4.54. The molecule has 2 rings (SSSR count). The standard InChI is InChI=1S/C15H19BrFNO2/c1-2-6-15(14(19)20)7-3-8-18(15)10-11-9-12(17)4-5-13(11)16/h4-5,9H,2-3,6-8,10H2,1H3,(H,19,20). The van der Waals surface area contributed by atoms with E-state index in [4.69, 9.17) is 0 Å². The lowest BCUT2D eigenvalue weighted by molar-refractivity contribution is -0.150. The number of benzene rings is 1. The molecule has 1 N–H and O–H groups in total. The Labute approximate surface area is 126 Å². The molecule has 1 saturated heterocycles. The summed E-state index contributed by atoms with van der Waals surface area (Å²) in [5.41, 5.74) is 0.00849. The van der Waals surface area contributed by atoms with Crippen molar-refractivity contribution in [2.45, 2.75) is 44.7 Å². The number of halogens is 2. The number of hydrogen-bond donors (Lipinski definition) is 1. The molecular weight excluding hydrogens is 325 g/mol. The van der Waals surface area contributed by atoms with Gasteiger partial charge in [-0.2, -0.15) is 0 Å². The number of aliphatic carboxylic acids is 1. The summed E-state index contributed by atoms with van der Waals surface area (Å²) in [6.07, 6.45) is 3.00. The van der Waals surface area contributed by atoms with Crippen molar-refractivity contribution in [3.63, 3.8) is 0 Å². The molecule has 1 aromatic rings. The Balaban J connectivity index is 2.26. The lowest BCUT2D eigenvalue weighted by Crippen LogP contribution is -2.50. The van der Waals surface area contributed by atoms with Crippen LogP contribution in [-0.2, 0) is 11.3 Å². The minimum absolute atomic E-state index is 0.293. The molecule has 20 heavy (non-hydrogen) atoms. The zero-order chi connectivity index (χ0) is 14.8. The first kappa shape index (κ1) is 15.4. The summed E-state index contributed by atoms with van der Waals surface area (Å²) >= 11 is 3.41. The fraction of sp³-hybridized carbons (Fsp3) is 0.533. The molecule has 0 bridgehead atoms. The predicted molar refractivity (Wildman–Crippen MR) is 79.0 cm³/mol. The molecule has 3 nitrogen and oxygen atoms in total. The van der Waals surface area contributed by atoms with Crippen LogP contribution in [0.2, 0.25) is 0 Å². The van der Waals surface area contributed by atoms with E-state index in [0.29, 0.717) is 19.4 Å². The van der Waals surface area contributed by atoms with Crippen LogP contribution in [0.25, 0.3) is 0 Å². The topological polar surface area (TPSA) is 40.5 Å². The maximum Gasteiger partial charge on any atom is 0.324 e. The molecule has 1 heterocycles. The maximum absolute atomic E-state index is 13.4. The van der Waals surface area contributed by atoms with Crippen molar-refractivity contribution in [1.82, 2.24) is 4.90 Å². The van der Waals surface area contributed by atoms with E-state index < -0.39 is 11.5 Å². The van der Waals surface area contributed by atoms with E-state index >= 15 is 0 Å². The van der Waals surface area contributed by atoms with Gasteiger partial charge in [-0.25, -0.2) is 4.39 Å². The van der Waals surface area contributed by atoms with Crippen LogP contribution in [0.15, 0.2) is 22.7 Å². The lowest BCUT2D eigenvalue weighted by atomic mass is 9.90. The van der Waals surface area contributed by atoms with Crippen molar-refractivity contribution in [1.29, 1.82) is 0 Å². The molecule has 1 aliphatic heterocycles. The number of nitrogens with zero attached hydrogens (tertiary/aromatic N) is 1. The molecular formula is C15H19BrFNO2. The normalized spacial score (nSPS) is 23.1. The summed E-state index contributed by atoms with van der Waals surface area (Å²) < 4.78 is 14.2. The summed E-state index contributed by atoms with van der Waals surface area (Å²) in [4.78, 5) is 13.7. The fourth-order valence-corrected chi connectivity index (χ4v) is 3.45. The van der Waals surface area contributed by atoms with Crippen molar-refractivity contribution in [3.05, 3.63) is 34.1 Å². The highest BCUT2D eigenvalue weighted by Crippen LogP contribution is 2.36. The van der Waals surface area contributed by atoms with Crippen LogP contribution in [0, 0.1) is 5.82 Å². The number of carbonyl (C=O) groups is 1. The van der Waals surface area contributed by atoms with Gasteiger partial charge in [-0.1, -0.05) is 29.3 Å². The highest BCUT2D eigenvalue weighted by Gasteiger charge is 2.46. The van der Waals surface area contributed by atoms with Crippen molar-refractivity contribution < 1.29 is 14.3 Å². The second kappa shape index (κ2) is 6.22. The van der Waals surface area contributed by atoms with Crippen LogP contribution in [0.3, 0.4) is 0 Å². The first-order valence-electron chi connectivity index (χ1n) is 6.92. The Kier molecular flexibility index (Phi) is 4.81. The molecule has 0 spiro atoms. The van der Waals surface area contributed by atoms with Gasteiger partial charge in [0, 0.05) is 11.0 Å². The van der Waals surface area contributed by atoms with Gasteiger partial charge in [-0.15, -0.1) is 0 Å². The first-order chi connectivity index (χ1) is 9.49. The number of likely N-dealkylation sites (tertiary alicyclic amines) is 1. The molecule has 0 saturated carbocycles. The van der Waals surface area contributed by atoms with Crippen LogP contribution in [-0.4, -0.2) is 28.1 Å². The third-order valence-corrected chi connectivity index (χ3v) is 4.83. The quantitative estimate of drug-likeness (QED) is 0.883. The zero-order valence-corrected chi connectivity index (χ0v) is 13.1. The molecule has 1 unspecified atom stereocenters. The first-order valence-corrected chi connectivity index (χ1v) is 7.71. The van der Waals surface area contributed by atoms with E-state index in [0.717, 1.165) is 29.4 Å². The second-order valence-corrected chi connectivity index (χ2v) is 6.20. The third-order valence-electron chi connectivity index (χ3n) is 4.05. The van der Waals surface area contributed by atoms with E-state index in [9.17, 15) is 14.3 Å². The van der Waals surface area contributed by atoms with E-state index in [1.165, 1.54) is 12.1 Å². The molecule has 1 aliphatic rings. The van der Waals surface area contributed by atoms with Gasteiger partial charge in [0.15, 0.2) is 0 Å². The van der Waals surface area contributed by atoms with E-state index in [-0.39, 0.29) is 5.82 Å². The molecule has 0 radical (unpaired) electrons. The number of hydrogen-bond acceptors (Lipinski definition) is 2. The average Bonchev–Trinajstić information content (AvgIpc) is 2.79. The van der Waals surface area contributed by atoms with Crippen LogP contribution in [0.1, 0.15) is 38.2 Å². The van der Waals surface area contributed by atoms with Gasteiger partial charge >= 0.3 is 5.97 Å². The van der Waals surface area contributed by atoms with Crippen molar-refractivity contribution >= 4 is 21.9 Å². The molecule has 110 valence electrons. The summed E-state index contributed by atoms with van der Waals surface area (Å²) in [5.74, 6) is -1.05. The van der Waals surface area contributed by atoms with Crippen LogP contribution >= 0.6 is 15.9 Å². The smallest absolute Gasteiger partial charge is 0.324 e. The van der Waals surface area contributed by atoms with Gasteiger partial charge in [-0.05, 0) is 49.6 Å². The highest BCUT2D eigenvalue weighted by molar-refractivity contribution is 9.10. The number of rotatable bonds is 5. The molecule has 1 atom stereocenters. The Morgan fingerprint density at radius 1 is 1.55 bits per heavy atom. The Hall–Kier alpha value is -0.940. The Morgan fingerprint density at radius 2 is 2.30 bits per heavy atom. The SMILES string of the molecule is CCCC1(C(=O)O)CCCN1Cc1cc(F)ccc1Br. The second-order valence-electron chi connectivity index (χ2n) is 5.35. The third kappa shape index (κ3) is 2.88. The lowest BCUT2D eigenvalue weighted by Gasteiger charge is -2.35. The van der Waals surface area contributed by atoms with Crippen molar-refractivity contribution in [2.24, 2.45) is 0 Å². The van der Waals surface area contributed by atoms with Crippen molar-refractivity contribution in [2.75, 3.05) is 6.54 Å². The minimum atomic E-state index is -0.791. The minimum Gasteiger partial charge on any atom is -0.480 e. The van der Waals surface area contributed by atoms with E-state index in [1.807, 2.05) is 11.8 Å². The number of carboxylic acid groups (broad SMARTS) is 1. The Bertz CT molecular complexity index is 509. The van der Waals surface area contributed by atoms with Crippen LogP contribution in [0.4, 0.5) is 4.39 Å². The average molecular weight is 344 g/mol. The summed E-state index contributed by atoms with van der Waals surface area (Å²) in [5, 5.41) is 9.64. The van der Waals surface area contributed by atoms with Crippen LogP contribution in [0.5, 0.6) is 0 Å². The van der Waals surface area contributed by atoms with E-state index in [1.54, 1.807) is 6.07 Å². The highest BCUT2D eigenvalue weighted by atomic mass is 79.9. The zero-order valence-electron chi connectivity index (χ0n) is 11.5. The van der Waals surface area contributed by atoms with Gasteiger partial charge in [0.1, 0.15) is 11.4 Å².